The van der Waals surface area contributed by atoms with Crippen LogP contribution in [0.1, 0.15) is 45.8 Å². The number of Topliss-reactive ketones (excluding diaryl/α,β-unsaturated/α-hetero) is 1. The lowest BCUT2D eigenvalue weighted by Crippen LogP contribution is -2.60. The molecule has 9 nitrogen and oxygen atoms in total. The minimum atomic E-state index is -0.832. The predicted molar refractivity (Wildman–Crippen MR) is 151 cm³/mol. The average Bonchev–Trinajstić information content (AvgIpc) is 3.67. The molecule has 2 aromatic carbocycles. The molecule has 5 rings (SSSR count). The predicted octanol–water partition coefficient (Wildman–Crippen LogP) is 2.35. The van der Waals surface area contributed by atoms with Gasteiger partial charge in [0, 0.05) is 37.5 Å². The third kappa shape index (κ3) is 6.29. The number of benzene rings is 2. The minimum Gasteiger partial charge on any atom is -0.344 e. The average molecular weight is 560 g/mol. The van der Waals surface area contributed by atoms with E-state index < -0.39 is 12.1 Å². The zero-order valence-corrected chi connectivity index (χ0v) is 23.0. The summed E-state index contributed by atoms with van der Waals surface area (Å²) in [5.74, 6) is -0.917. The van der Waals surface area contributed by atoms with E-state index in [-0.39, 0.29) is 42.5 Å². The van der Waals surface area contributed by atoms with E-state index in [1.807, 2.05) is 54.6 Å². The van der Waals surface area contributed by atoms with Crippen LogP contribution in [0.25, 0.3) is 0 Å². The topological polar surface area (TPSA) is 126 Å². The Morgan fingerprint density at radius 2 is 1.82 bits per heavy atom. The molecule has 3 atom stereocenters. The van der Waals surface area contributed by atoms with Crippen molar-refractivity contribution in [1.29, 1.82) is 0 Å². The number of nitrogens with two attached hydrogens (primary N) is 1. The quantitative estimate of drug-likeness (QED) is 0.368. The standard InChI is InChI=1S/C30H33N5O4S/c31-17-22-8-4-7-21(15-22)16-24(28(38)30-32-13-14-40-30)33-29(39)25-11-10-23-18-34(19-27(37)35(23)25)26(36)12-9-20-5-2-1-3-6-20/h1-8,13-15,23-25H,9-12,16-19,31H2,(H,33,39)/t23-,24?,25?/m0/s1. The van der Waals surface area contributed by atoms with Gasteiger partial charge < -0.3 is 20.9 Å². The van der Waals surface area contributed by atoms with E-state index in [9.17, 15) is 19.2 Å². The highest BCUT2D eigenvalue weighted by atomic mass is 32.1. The SMILES string of the molecule is NCc1cccc(CC(NC(=O)C2CC[C@H]3CN(C(=O)CCc4ccccc4)CC(=O)N23)C(=O)c2nccs2)c1. The monoisotopic (exact) mass is 559 g/mol. The molecule has 10 heteroatoms. The van der Waals surface area contributed by atoms with E-state index in [2.05, 4.69) is 10.3 Å². The highest BCUT2D eigenvalue weighted by molar-refractivity contribution is 7.11. The van der Waals surface area contributed by atoms with E-state index in [1.54, 1.807) is 21.4 Å². The highest BCUT2D eigenvalue weighted by Gasteiger charge is 2.46. The second-order valence-corrected chi connectivity index (χ2v) is 11.2. The molecule has 2 aliphatic rings. The Balaban J connectivity index is 1.24. The van der Waals surface area contributed by atoms with Crippen LogP contribution in [-0.2, 0) is 33.8 Å². The minimum absolute atomic E-state index is 0.0404. The molecule has 2 unspecified atom stereocenters. The first-order chi connectivity index (χ1) is 19.4. The number of fused-ring (bicyclic) bond motifs is 1. The Bertz CT molecular complexity index is 1360. The fraction of sp³-hybridized carbons (Fsp3) is 0.367. The Labute approximate surface area is 237 Å². The van der Waals surface area contributed by atoms with Crippen molar-refractivity contribution in [3.05, 3.63) is 87.9 Å². The van der Waals surface area contributed by atoms with Crippen molar-refractivity contribution in [1.82, 2.24) is 20.1 Å². The zero-order valence-electron chi connectivity index (χ0n) is 22.2. The molecule has 0 aliphatic carbocycles. The van der Waals surface area contributed by atoms with Gasteiger partial charge in [0.2, 0.25) is 23.5 Å². The maximum atomic E-state index is 13.5. The molecule has 0 bridgehead atoms. The van der Waals surface area contributed by atoms with E-state index in [0.29, 0.717) is 43.8 Å². The third-order valence-electron chi connectivity index (χ3n) is 7.62. The van der Waals surface area contributed by atoms with E-state index in [4.69, 9.17) is 5.73 Å². The van der Waals surface area contributed by atoms with Gasteiger partial charge in [-0.2, -0.15) is 0 Å². The summed E-state index contributed by atoms with van der Waals surface area (Å²) in [5.41, 5.74) is 8.68. The Hall–Kier alpha value is -3.89. The first-order valence-corrected chi connectivity index (χ1v) is 14.5. The van der Waals surface area contributed by atoms with Crippen molar-refractivity contribution in [3.63, 3.8) is 0 Å². The summed E-state index contributed by atoms with van der Waals surface area (Å²) in [6.07, 6.45) is 3.90. The van der Waals surface area contributed by atoms with E-state index in [1.165, 1.54) is 11.3 Å². The number of nitrogens with one attached hydrogen (secondary N) is 1. The van der Waals surface area contributed by atoms with E-state index in [0.717, 1.165) is 16.7 Å². The van der Waals surface area contributed by atoms with Crippen LogP contribution in [-0.4, -0.2) is 69.5 Å². The van der Waals surface area contributed by atoms with Gasteiger partial charge in [0.1, 0.15) is 6.04 Å². The fourth-order valence-corrected chi connectivity index (χ4v) is 6.23. The number of piperazine rings is 1. The number of rotatable bonds is 10. The number of ketones is 1. The molecule has 0 spiro atoms. The smallest absolute Gasteiger partial charge is 0.243 e. The van der Waals surface area contributed by atoms with Crippen LogP contribution in [0.5, 0.6) is 0 Å². The van der Waals surface area contributed by atoms with Gasteiger partial charge in [0.25, 0.3) is 0 Å². The first-order valence-electron chi connectivity index (χ1n) is 13.6. The maximum absolute atomic E-state index is 13.5. The van der Waals surface area contributed by atoms with Gasteiger partial charge >= 0.3 is 0 Å². The number of carbonyl (C=O) groups is 4. The number of hydrogen-bond acceptors (Lipinski definition) is 7. The summed E-state index contributed by atoms with van der Waals surface area (Å²) in [4.78, 5) is 60.4. The number of hydrogen-bond donors (Lipinski definition) is 2. The summed E-state index contributed by atoms with van der Waals surface area (Å²) in [6.45, 7) is 0.745. The molecule has 0 saturated carbocycles. The molecular formula is C30H33N5O4S. The van der Waals surface area contributed by atoms with Gasteiger partial charge in [-0.3, -0.25) is 19.2 Å². The first kappa shape index (κ1) is 27.7. The van der Waals surface area contributed by atoms with Crippen LogP contribution < -0.4 is 11.1 Å². The molecule has 1 aromatic heterocycles. The second kappa shape index (κ2) is 12.5. The molecule has 40 heavy (non-hydrogen) atoms. The van der Waals surface area contributed by atoms with Crippen molar-refractivity contribution in [2.75, 3.05) is 13.1 Å². The van der Waals surface area contributed by atoms with Gasteiger partial charge in [0.05, 0.1) is 18.6 Å². The van der Waals surface area contributed by atoms with Gasteiger partial charge in [-0.25, -0.2) is 4.98 Å². The van der Waals surface area contributed by atoms with Crippen LogP contribution in [0, 0.1) is 0 Å². The lowest BCUT2D eigenvalue weighted by Gasteiger charge is -2.39. The molecule has 3 aromatic rings. The molecule has 0 radical (unpaired) electrons. The molecular weight excluding hydrogens is 526 g/mol. The van der Waals surface area contributed by atoms with Crippen LogP contribution in [0.2, 0.25) is 0 Å². The summed E-state index contributed by atoms with van der Waals surface area (Å²) >= 11 is 1.23. The van der Waals surface area contributed by atoms with E-state index >= 15 is 0 Å². The van der Waals surface area contributed by atoms with Crippen molar-refractivity contribution in [2.24, 2.45) is 5.73 Å². The van der Waals surface area contributed by atoms with Crippen molar-refractivity contribution >= 4 is 34.8 Å². The van der Waals surface area contributed by atoms with Gasteiger partial charge in [-0.1, -0.05) is 54.6 Å². The molecule has 2 aliphatic heterocycles. The number of aryl methyl sites for hydroxylation is 1. The number of thiazole rings is 1. The molecule has 3 heterocycles. The van der Waals surface area contributed by atoms with Gasteiger partial charge in [-0.15, -0.1) is 11.3 Å². The molecule has 2 saturated heterocycles. The lowest BCUT2D eigenvalue weighted by atomic mass is 10.00. The molecule has 3 N–H and O–H groups in total. The highest BCUT2D eigenvalue weighted by Crippen LogP contribution is 2.29. The number of carbonyl (C=O) groups excluding carboxylic acids is 4. The van der Waals surface area contributed by atoms with Gasteiger partial charge in [-0.05, 0) is 36.0 Å². The number of amides is 3. The number of aromatic nitrogens is 1. The summed E-state index contributed by atoms with van der Waals surface area (Å²) < 4.78 is 0. The fourth-order valence-electron chi connectivity index (χ4n) is 5.60. The summed E-state index contributed by atoms with van der Waals surface area (Å²) in [5, 5.41) is 4.98. The maximum Gasteiger partial charge on any atom is 0.243 e. The Morgan fingerprint density at radius 3 is 2.58 bits per heavy atom. The molecule has 208 valence electrons. The van der Waals surface area contributed by atoms with Crippen molar-refractivity contribution in [3.8, 4) is 0 Å². The largest absolute Gasteiger partial charge is 0.344 e. The van der Waals surface area contributed by atoms with Gasteiger partial charge in [0.15, 0.2) is 5.01 Å². The zero-order chi connectivity index (χ0) is 28.1. The summed E-state index contributed by atoms with van der Waals surface area (Å²) in [7, 11) is 0. The van der Waals surface area contributed by atoms with Crippen molar-refractivity contribution in [2.45, 2.75) is 56.8 Å². The Kier molecular flexibility index (Phi) is 8.66. The normalized spacial score (nSPS) is 19.3. The lowest BCUT2D eigenvalue weighted by molar-refractivity contribution is -0.151. The van der Waals surface area contributed by atoms with Crippen LogP contribution in [0.3, 0.4) is 0 Å². The molecule has 2 fully saturated rings. The Morgan fingerprint density at radius 1 is 1.05 bits per heavy atom. The third-order valence-corrected chi connectivity index (χ3v) is 8.40. The second-order valence-electron chi connectivity index (χ2n) is 10.3. The van der Waals surface area contributed by atoms with Crippen LogP contribution in [0.4, 0.5) is 0 Å². The molecule has 3 amide bonds. The summed E-state index contributed by atoms with van der Waals surface area (Å²) in [6, 6.07) is 15.7. The van der Waals surface area contributed by atoms with Crippen LogP contribution >= 0.6 is 11.3 Å². The number of nitrogens with zero attached hydrogens (tertiary/aromatic N) is 3. The van der Waals surface area contributed by atoms with Crippen molar-refractivity contribution < 1.29 is 19.2 Å². The van der Waals surface area contributed by atoms with Crippen LogP contribution in [0.15, 0.2) is 66.2 Å².